The molecule has 0 aromatic heterocycles. The molecule has 5 nitrogen and oxygen atoms in total. The van der Waals surface area contributed by atoms with E-state index in [0.29, 0.717) is 0 Å². The van der Waals surface area contributed by atoms with Crippen molar-refractivity contribution >= 4 is 29.1 Å². The summed E-state index contributed by atoms with van der Waals surface area (Å²) >= 11 is 1.07. The van der Waals surface area contributed by atoms with E-state index in [9.17, 15) is 22.4 Å². The summed E-state index contributed by atoms with van der Waals surface area (Å²) in [5.74, 6) is -1.75. The summed E-state index contributed by atoms with van der Waals surface area (Å²) in [5.41, 5.74) is -0.492. The average molecular weight is 321 g/mol. The Hall–Kier alpha value is -2.10. The van der Waals surface area contributed by atoms with Crippen LogP contribution in [0.1, 0.15) is 5.56 Å². The number of carbonyl (C=O) groups excluding carboxylic acids is 1. The molecule has 1 aliphatic heterocycles. The first-order valence-electron chi connectivity index (χ1n) is 5.43. The minimum Gasteiger partial charge on any atom is -0.405 e. The van der Waals surface area contributed by atoms with Crippen molar-refractivity contribution in [1.29, 1.82) is 0 Å². The summed E-state index contributed by atoms with van der Waals surface area (Å²) in [4.78, 5) is 10.9. The van der Waals surface area contributed by atoms with E-state index in [4.69, 9.17) is 0 Å². The molecule has 0 saturated carbocycles. The maximum atomic E-state index is 13.5. The van der Waals surface area contributed by atoms with Gasteiger partial charge in [-0.05, 0) is 12.1 Å². The predicted molar refractivity (Wildman–Crippen MR) is 68.7 cm³/mol. The Balaban J connectivity index is 2.20. The number of halogens is 4. The Kier molecular flexibility index (Phi) is 4.46. The summed E-state index contributed by atoms with van der Waals surface area (Å²) in [5, 5.41) is 9.56. The summed E-state index contributed by atoms with van der Waals surface area (Å²) in [7, 11) is 0. The number of ether oxygens (including phenoxy) is 1. The van der Waals surface area contributed by atoms with Crippen LogP contribution in [0.15, 0.2) is 28.4 Å². The van der Waals surface area contributed by atoms with Gasteiger partial charge in [0.05, 0.1) is 17.5 Å². The molecule has 112 valence electrons. The van der Waals surface area contributed by atoms with E-state index in [1.54, 1.807) is 0 Å². The van der Waals surface area contributed by atoms with Gasteiger partial charge in [0.1, 0.15) is 11.6 Å². The standard InChI is InChI=1S/C11H7F4N3O2S/c12-7-2-1-3-8(20-11(13,14)15)6(7)4-16-18-10-17-9(19)5-21-10/h1-4H,5H2,(H,17,18,19). The van der Waals surface area contributed by atoms with Crippen molar-refractivity contribution in [3.8, 4) is 5.75 Å². The smallest absolute Gasteiger partial charge is 0.405 e. The number of carbonyl (C=O) groups is 1. The maximum absolute atomic E-state index is 13.5. The molecule has 1 aromatic rings. The van der Waals surface area contributed by atoms with Crippen LogP contribution >= 0.6 is 11.8 Å². The molecular formula is C11H7F4N3O2S. The largest absolute Gasteiger partial charge is 0.573 e. The molecule has 1 aliphatic rings. The molecule has 0 bridgehead atoms. The normalized spacial score (nSPS) is 17.5. The minimum atomic E-state index is -4.95. The number of hydrogen-bond donors (Lipinski definition) is 1. The highest BCUT2D eigenvalue weighted by molar-refractivity contribution is 8.15. The number of nitrogens with zero attached hydrogens (tertiary/aromatic N) is 2. The van der Waals surface area contributed by atoms with Gasteiger partial charge in [0, 0.05) is 0 Å². The third-order valence-electron chi connectivity index (χ3n) is 2.16. The number of alkyl halides is 3. The minimum absolute atomic E-state index is 0.177. The quantitative estimate of drug-likeness (QED) is 0.528. The highest BCUT2D eigenvalue weighted by Gasteiger charge is 2.32. The van der Waals surface area contributed by atoms with Gasteiger partial charge in [0.2, 0.25) is 5.91 Å². The molecule has 0 unspecified atom stereocenters. The molecule has 1 aromatic carbocycles. The van der Waals surface area contributed by atoms with Crippen LogP contribution in [0.3, 0.4) is 0 Å². The lowest BCUT2D eigenvalue weighted by atomic mass is 10.2. The highest BCUT2D eigenvalue weighted by atomic mass is 32.2. The summed E-state index contributed by atoms with van der Waals surface area (Å²) in [6, 6.07) is 2.99. The summed E-state index contributed by atoms with van der Waals surface area (Å²) < 4.78 is 53.8. The molecule has 1 N–H and O–H groups in total. The lowest BCUT2D eigenvalue weighted by molar-refractivity contribution is -0.274. The molecule has 21 heavy (non-hydrogen) atoms. The fourth-order valence-corrected chi connectivity index (χ4v) is 2.01. The van der Waals surface area contributed by atoms with Gasteiger partial charge in [0.15, 0.2) is 5.17 Å². The summed E-state index contributed by atoms with van der Waals surface area (Å²) in [6.45, 7) is 0. The van der Waals surface area contributed by atoms with E-state index in [1.807, 2.05) is 0 Å². The zero-order chi connectivity index (χ0) is 15.5. The lowest BCUT2D eigenvalue weighted by Crippen LogP contribution is -2.19. The van der Waals surface area contributed by atoms with Crippen LogP contribution in [0.25, 0.3) is 0 Å². The molecule has 10 heteroatoms. The highest BCUT2D eigenvalue weighted by Crippen LogP contribution is 2.27. The van der Waals surface area contributed by atoms with Gasteiger partial charge in [-0.15, -0.1) is 18.3 Å². The Morgan fingerprint density at radius 3 is 2.76 bits per heavy atom. The first-order chi connectivity index (χ1) is 9.85. The van der Waals surface area contributed by atoms with E-state index in [2.05, 4.69) is 20.3 Å². The van der Waals surface area contributed by atoms with E-state index >= 15 is 0 Å². The Morgan fingerprint density at radius 2 is 2.14 bits per heavy atom. The Morgan fingerprint density at radius 1 is 1.38 bits per heavy atom. The fraction of sp³-hybridized carbons (Fsp3) is 0.182. The number of benzene rings is 1. The second kappa shape index (κ2) is 6.12. The summed E-state index contributed by atoms with van der Waals surface area (Å²) in [6.07, 6.45) is -4.16. The van der Waals surface area contributed by atoms with Gasteiger partial charge in [-0.2, -0.15) is 5.10 Å². The number of rotatable bonds is 3. The van der Waals surface area contributed by atoms with Gasteiger partial charge in [-0.1, -0.05) is 17.8 Å². The fourth-order valence-electron chi connectivity index (χ4n) is 1.37. The number of hydrogen-bond acceptors (Lipinski definition) is 5. The average Bonchev–Trinajstić information content (AvgIpc) is 2.77. The maximum Gasteiger partial charge on any atom is 0.573 e. The van der Waals surface area contributed by atoms with Crippen molar-refractivity contribution in [2.45, 2.75) is 6.36 Å². The van der Waals surface area contributed by atoms with Crippen molar-refractivity contribution < 1.29 is 27.1 Å². The van der Waals surface area contributed by atoms with E-state index < -0.39 is 23.5 Å². The van der Waals surface area contributed by atoms with Gasteiger partial charge in [-0.25, -0.2) is 4.39 Å². The van der Waals surface area contributed by atoms with Gasteiger partial charge in [-0.3, -0.25) is 4.79 Å². The number of amidine groups is 1. The van der Waals surface area contributed by atoms with Crippen molar-refractivity contribution in [2.24, 2.45) is 10.2 Å². The molecule has 0 spiro atoms. The van der Waals surface area contributed by atoms with Crippen molar-refractivity contribution in [3.05, 3.63) is 29.6 Å². The lowest BCUT2D eigenvalue weighted by Gasteiger charge is -2.11. The van der Waals surface area contributed by atoms with Crippen molar-refractivity contribution in [3.63, 3.8) is 0 Å². The Labute approximate surface area is 120 Å². The van der Waals surface area contributed by atoms with Gasteiger partial charge < -0.3 is 10.1 Å². The van der Waals surface area contributed by atoms with Crippen LogP contribution < -0.4 is 10.1 Å². The molecule has 2 rings (SSSR count). The number of nitrogens with one attached hydrogen (secondary N) is 1. The zero-order valence-electron chi connectivity index (χ0n) is 10.1. The second-order valence-electron chi connectivity index (χ2n) is 3.69. The van der Waals surface area contributed by atoms with E-state index in [0.717, 1.165) is 36.2 Å². The van der Waals surface area contributed by atoms with Gasteiger partial charge >= 0.3 is 6.36 Å². The van der Waals surface area contributed by atoms with Gasteiger partial charge in [0.25, 0.3) is 0 Å². The molecular weight excluding hydrogens is 314 g/mol. The Bertz CT molecular complexity index is 616. The van der Waals surface area contributed by atoms with Crippen LogP contribution in [-0.4, -0.2) is 29.4 Å². The van der Waals surface area contributed by atoms with Crippen molar-refractivity contribution in [2.75, 3.05) is 5.75 Å². The van der Waals surface area contributed by atoms with Crippen LogP contribution in [-0.2, 0) is 4.79 Å². The SMILES string of the molecule is O=C1CSC(=NN=Cc2c(F)cccc2OC(F)(F)F)N1. The number of amides is 1. The van der Waals surface area contributed by atoms with Crippen LogP contribution in [0.4, 0.5) is 17.6 Å². The van der Waals surface area contributed by atoms with Crippen LogP contribution in [0, 0.1) is 5.82 Å². The molecule has 0 aliphatic carbocycles. The van der Waals surface area contributed by atoms with E-state index in [1.165, 1.54) is 0 Å². The molecule has 1 saturated heterocycles. The topological polar surface area (TPSA) is 63.0 Å². The molecule has 1 amide bonds. The molecule has 1 heterocycles. The van der Waals surface area contributed by atoms with Crippen LogP contribution in [0.5, 0.6) is 5.75 Å². The third kappa shape index (κ3) is 4.45. The van der Waals surface area contributed by atoms with Crippen LogP contribution in [0.2, 0.25) is 0 Å². The second-order valence-corrected chi connectivity index (χ2v) is 4.65. The molecule has 0 atom stereocenters. The molecule has 1 fully saturated rings. The monoisotopic (exact) mass is 321 g/mol. The van der Waals surface area contributed by atoms with Crippen molar-refractivity contribution in [1.82, 2.24) is 5.32 Å². The first kappa shape index (κ1) is 15.3. The predicted octanol–water partition coefficient (Wildman–Crippen LogP) is 2.28. The number of thioether (sulfide) groups is 1. The first-order valence-corrected chi connectivity index (χ1v) is 6.41. The molecule has 0 radical (unpaired) electrons. The third-order valence-corrected chi connectivity index (χ3v) is 3.02. The zero-order valence-corrected chi connectivity index (χ0v) is 11.0. The van der Waals surface area contributed by atoms with E-state index in [-0.39, 0.29) is 16.8 Å².